The number of fused-ring (bicyclic) bond motifs is 1. The lowest BCUT2D eigenvalue weighted by Gasteiger charge is -2.33. The molecule has 30 nitrogen and oxygen atoms in total. The van der Waals surface area contributed by atoms with Crippen LogP contribution in [0.3, 0.4) is 0 Å². The van der Waals surface area contributed by atoms with Gasteiger partial charge >= 0.3 is 5.97 Å². The molecule has 1 saturated carbocycles. The Bertz CT molecular complexity index is 3620. The van der Waals surface area contributed by atoms with Crippen molar-refractivity contribution in [2.24, 2.45) is 28.1 Å². The van der Waals surface area contributed by atoms with Crippen molar-refractivity contribution in [3.63, 3.8) is 0 Å². The highest BCUT2D eigenvalue weighted by molar-refractivity contribution is 7.89. The van der Waals surface area contributed by atoms with Crippen molar-refractivity contribution in [2.45, 2.75) is 133 Å². The molecule has 4 aromatic rings. The summed E-state index contributed by atoms with van der Waals surface area (Å²) in [7, 11) is -4.10. The minimum absolute atomic E-state index is 0.00600. The quantitative estimate of drug-likeness (QED) is 0.0224. The number of benzene rings is 4. The lowest BCUT2D eigenvalue weighted by atomic mass is 9.95. The van der Waals surface area contributed by atoms with Gasteiger partial charge in [0.05, 0.1) is 57.3 Å². The van der Waals surface area contributed by atoms with Gasteiger partial charge in [-0.3, -0.25) is 43.2 Å². The molecule has 4 aromatic carbocycles. The highest BCUT2D eigenvalue weighted by atomic mass is 32.2. The molecular weight excluding hydrogens is 1430 g/mol. The van der Waals surface area contributed by atoms with Gasteiger partial charge in [0, 0.05) is 58.4 Å². The van der Waals surface area contributed by atoms with Gasteiger partial charge in [0.25, 0.3) is 0 Å². The van der Waals surface area contributed by atoms with E-state index in [1.165, 1.54) is 63.5 Å². The Balaban J connectivity index is 1.32. The van der Waals surface area contributed by atoms with Gasteiger partial charge in [0.1, 0.15) is 12.6 Å². The Morgan fingerprint density at radius 1 is 0.454 bits per heavy atom. The number of carbonyl (C=O) groups is 10. The first-order chi connectivity index (χ1) is 52.0. The molecule has 0 bridgehead atoms. The number of aliphatic carboxylic acids is 1. The first-order valence-electron chi connectivity index (χ1n) is 37.5. The number of carboxylic acid groups (broad SMARTS) is 1. The zero-order valence-electron chi connectivity index (χ0n) is 62.2. The standard InChI is InChI=1S/C76H113N15O15S2/c77-34-10-14-38-84(49-67(92)83-64(33-45-107)76(101)102)69(94)50-85(39-15-11-35-78)70(95)51-87(41-17-13-37-80)74(99)56-91(48-61-26-29-65-66(46-61)106-57-105-65)75(100)55-90(44-32-60-24-27-63(28-25-60)108(81,103)104)72(97)52-86(40-16-12-36-79)71(96)54-89(43-31-59-20-6-2-7-21-59)73(98)53-88(42-30-58-18-4-1-5-19-58)68(93)47-82-62-22-8-3-9-23-62/h1-2,4-7,18-21,24-29,46,62,64,82,107H,3,8-17,22-23,30-45,47-57,77-80H2,(H,83,92)(H,101,102)(H2,81,103,104). The van der Waals surface area contributed by atoms with E-state index in [1.54, 1.807) is 18.2 Å². The summed E-state index contributed by atoms with van der Waals surface area (Å²) in [5, 5.41) is 21.1. The summed E-state index contributed by atoms with van der Waals surface area (Å²) in [6, 6.07) is 28.5. The number of nitrogens with one attached hydrogen (secondary N) is 2. The minimum Gasteiger partial charge on any atom is -0.480 e. The third-order valence-corrected chi connectivity index (χ3v) is 20.1. The fourth-order valence-electron chi connectivity index (χ4n) is 12.5. The topological polar surface area (TPSA) is 424 Å². The fourth-order valence-corrected chi connectivity index (χ4v) is 13.3. The van der Waals surface area contributed by atoms with Crippen LogP contribution in [0.15, 0.2) is 108 Å². The molecule has 0 aromatic heterocycles. The molecule has 0 saturated heterocycles. The smallest absolute Gasteiger partial charge is 0.326 e. The molecule has 1 fully saturated rings. The van der Waals surface area contributed by atoms with E-state index in [0.717, 1.165) is 43.2 Å². The number of amides is 9. The van der Waals surface area contributed by atoms with E-state index < -0.39 is 115 Å². The van der Waals surface area contributed by atoms with Gasteiger partial charge in [-0.1, -0.05) is 98.1 Å². The SMILES string of the molecule is NCCCCN(CC(=O)NC(CCS)C(=O)O)C(=O)CN(CCCCN)C(=O)CN(CCCCN)C(=O)CN(Cc1ccc2c(c1)OCO2)C(=O)CN(CCc1ccc(S(N)(=O)=O)cc1)C(=O)CN(CCCCN)C(=O)CN(CCc1ccccc1)C(=O)CN(CCc1ccccc1)C(=O)CNC1CCCCC1. The second-order valence-corrected chi connectivity index (χ2v) is 29.2. The fraction of sp³-hybridized carbons (Fsp3) is 0.553. The predicted octanol–water partition coefficient (Wildman–Crippen LogP) is 1.69. The van der Waals surface area contributed by atoms with Gasteiger partial charge in [-0.2, -0.15) is 12.6 Å². The van der Waals surface area contributed by atoms with Crippen molar-refractivity contribution in [3.8, 4) is 11.5 Å². The maximum Gasteiger partial charge on any atom is 0.326 e. The van der Waals surface area contributed by atoms with Gasteiger partial charge in [0.15, 0.2) is 11.5 Å². The van der Waals surface area contributed by atoms with Crippen molar-refractivity contribution in [1.29, 1.82) is 0 Å². The van der Waals surface area contributed by atoms with Crippen molar-refractivity contribution in [2.75, 3.05) is 143 Å². The van der Waals surface area contributed by atoms with Crippen LogP contribution in [0, 0.1) is 0 Å². The van der Waals surface area contributed by atoms with Crippen LogP contribution >= 0.6 is 12.6 Å². The molecule has 2 aliphatic rings. The lowest BCUT2D eigenvalue weighted by Crippen LogP contribution is -2.53. The molecule has 1 aliphatic heterocycles. The number of ether oxygens (including phenoxy) is 2. The van der Waals surface area contributed by atoms with Gasteiger partial charge in [-0.25, -0.2) is 18.4 Å². The zero-order valence-corrected chi connectivity index (χ0v) is 63.9. The molecule has 6 rings (SSSR count). The molecule has 0 radical (unpaired) electrons. The van der Waals surface area contributed by atoms with E-state index in [1.807, 2.05) is 60.7 Å². The van der Waals surface area contributed by atoms with Crippen LogP contribution < -0.4 is 48.2 Å². The minimum atomic E-state index is -4.10. The summed E-state index contributed by atoms with van der Waals surface area (Å²) in [6.07, 6.45) is 9.21. The van der Waals surface area contributed by atoms with Crippen LogP contribution in [0.4, 0.5) is 0 Å². The molecular formula is C76H113N15O15S2. The first-order valence-corrected chi connectivity index (χ1v) is 39.7. The Morgan fingerprint density at radius 3 is 1.23 bits per heavy atom. The number of carbonyl (C=O) groups excluding carboxylic acids is 9. The zero-order chi connectivity index (χ0) is 78.2. The Hall–Kier alpha value is -8.76. The number of thiol groups is 1. The summed E-state index contributed by atoms with van der Waals surface area (Å²) in [5.74, 6) is -5.88. The lowest BCUT2D eigenvalue weighted by molar-refractivity contribution is -0.149. The number of nitrogens with zero attached hydrogens (tertiary/aromatic N) is 8. The summed E-state index contributed by atoms with van der Waals surface area (Å²) < 4.78 is 36.0. The molecule has 13 N–H and O–H groups in total. The van der Waals surface area contributed by atoms with Crippen molar-refractivity contribution in [3.05, 3.63) is 125 Å². The van der Waals surface area contributed by atoms with Crippen LogP contribution in [-0.4, -0.2) is 267 Å². The van der Waals surface area contributed by atoms with Crippen molar-refractivity contribution < 1.29 is 70.9 Å². The second-order valence-electron chi connectivity index (χ2n) is 27.2. The van der Waals surface area contributed by atoms with Gasteiger partial charge in [0.2, 0.25) is 70.0 Å². The van der Waals surface area contributed by atoms with E-state index >= 15 is 19.2 Å². The van der Waals surface area contributed by atoms with Gasteiger partial charge in [-0.15, -0.1) is 0 Å². The molecule has 1 unspecified atom stereocenters. The highest BCUT2D eigenvalue weighted by Crippen LogP contribution is 2.33. The van der Waals surface area contributed by atoms with E-state index in [-0.39, 0.29) is 134 Å². The van der Waals surface area contributed by atoms with E-state index in [2.05, 4.69) is 23.3 Å². The third kappa shape index (κ3) is 31.4. The van der Waals surface area contributed by atoms with Gasteiger partial charge in [-0.05, 0) is 168 Å². The molecule has 594 valence electrons. The van der Waals surface area contributed by atoms with Crippen LogP contribution in [0.1, 0.15) is 112 Å². The molecule has 9 amide bonds. The van der Waals surface area contributed by atoms with Crippen molar-refractivity contribution >= 4 is 81.8 Å². The number of hydrogen-bond donors (Lipinski definition) is 9. The maximum atomic E-state index is 15.5. The van der Waals surface area contributed by atoms with Crippen molar-refractivity contribution in [1.82, 2.24) is 49.8 Å². The van der Waals surface area contributed by atoms with Crippen LogP contribution in [0.25, 0.3) is 0 Å². The number of unbranched alkanes of at least 4 members (excludes halogenated alkanes) is 4. The molecule has 1 atom stereocenters. The van der Waals surface area contributed by atoms with E-state index in [9.17, 15) is 42.3 Å². The summed E-state index contributed by atoms with van der Waals surface area (Å²) in [5.41, 5.74) is 26.5. The molecule has 1 aliphatic carbocycles. The molecule has 108 heavy (non-hydrogen) atoms. The number of rotatable bonds is 51. The number of nitrogens with two attached hydrogens (primary N) is 5. The van der Waals surface area contributed by atoms with E-state index in [0.29, 0.717) is 86.8 Å². The Kier molecular flexibility index (Phi) is 39.1. The number of sulfonamides is 1. The number of carboxylic acids is 1. The molecule has 0 spiro atoms. The Morgan fingerprint density at radius 2 is 0.824 bits per heavy atom. The van der Waals surface area contributed by atoms with Gasteiger partial charge < -0.3 is 87.3 Å². The molecule has 1 heterocycles. The van der Waals surface area contributed by atoms with Crippen LogP contribution in [0.2, 0.25) is 0 Å². The third-order valence-electron chi connectivity index (χ3n) is 18.9. The summed E-state index contributed by atoms with van der Waals surface area (Å²) in [6.45, 7) is -3.54. The second kappa shape index (κ2) is 47.9. The van der Waals surface area contributed by atoms with Crippen LogP contribution in [-0.2, 0) is 83.8 Å². The highest BCUT2D eigenvalue weighted by Gasteiger charge is 2.33. The first kappa shape index (κ1) is 88.1. The average Bonchev–Trinajstić information content (AvgIpc) is 1.54. The monoisotopic (exact) mass is 1540 g/mol. The van der Waals surface area contributed by atoms with E-state index in [4.69, 9.17) is 37.5 Å². The predicted molar refractivity (Wildman–Crippen MR) is 412 cm³/mol. The maximum absolute atomic E-state index is 15.5. The average molecular weight is 1540 g/mol. The summed E-state index contributed by atoms with van der Waals surface area (Å²) >= 11 is 4.12. The Labute approximate surface area is 640 Å². The normalized spacial score (nSPS) is 12.9. The largest absolute Gasteiger partial charge is 0.480 e. The van der Waals surface area contributed by atoms with Crippen LogP contribution in [0.5, 0.6) is 11.5 Å². The summed E-state index contributed by atoms with van der Waals surface area (Å²) in [4.78, 5) is 155. The number of hydrogen-bond acceptors (Lipinski definition) is 20. The number of primary sulfonamides is 1. The molecule has 32 heteroatoms.